The molecule has 2 N–H and O–H groups in total. The van der Waals surface area contributed by atoms with Crippen LogP contribution < -0.4 is 5.32 Å². The summed E-state index contributed by atoms with van der Waals surface area (Å²) < 4.78 is 0. The number of nitrogens with zero attached hydrogens (tertiary/aromatic N) is 1. The maximum Gasteiger partial charge on any atom is 0.221 e. The molecule has 0 heterocycles. The predicted molar refractivity (Wildman–Crippen MR) is 64.5 cm³/mol. The number of anilines is 1. The Morgan fingerprint density at radius 2 is 2.06 bits per heavy atom. The number of phenols is 1. The molecule has 1 amide bonds. The lowest BCUT2D eigenvalue weighted by Gasteiger charge is -2.14. The molecule has 88 valence electrons. The minimum Gasteiger partial charge on any atom is -0.508 e. The number of aryl methyl sites for hydroxylation is 1. The average Bonchev–Trinajstić information content (AvgIpc) is 2.11. The standard InChI is InChI=1S/C12H18N2O2/c1-8-5-10(7-14(3)4)12(16)6-11(8)13-9(2)15/h5-6,16H,7H2,1-4H3,(H,13,15). The molecule has 1 rings (SSSR count). The van der Waals surface area contributed by atoms with Gasteiger partial charge in [0, 0.05) is 30.8 Å². The molecule has 16 heavy (non-hydrogen) atoms. The molecule has 0 saturated heterocycles. The Hall–Kier alpha value is -1.55. The maximum atomic E-state index is 10.9. The van der Waals surface area contributed by atoms with Gasteiger partial charge in [-0.1, -0.05) is 0 Å². The summed E-state index contributed by atoms with van der Waals surface area (Å²) in [5, 5.41) is 12.5. The van der Waals surface area contributed by atoms with Gasteiger partial charge in [0.2, 0.25) is 5.91 Å². The number of rotatable bonds is 3. The van der Waals surface area contributed by atoms with E-state index in [4.69, 9.17) is 0 Å². The van der Waals surface area contributed by atoms with E-state index in [0.717, 1.165) is 11.1 Å². The molecule has 1 aromatic rings. The van der Waals surface area contributed by atoms with Crippen molar-refractivity contribution >= 4 is 11.6 Å². The van der Waals surface area contributed by atoms with Crippen LogP contribution in [0.5, 0.6) is 5.75 Å². The third-order valence-corrected chi connectivity index (χ3v) is 2.22. The first-order chi connectivity index (χ1) is 7.40. The van der Waals surface area contributed by atoms with E-state index in [1.807, 2.05) is 32.0 Å². The number of phenolic OH excluding ortho intramolecular Hbond substituents is 1. The van der Waals surface area contributed by atoms with Gasteiger partial charge in [-0.15, -0.1) is 0 Å². The van der Waals surface area contributed by atoms with Crippen molar-refractivity contribution in [1.82, 2.24) is 4.90 Å². The van der Waals surface area contributed by atoms with E-state index in [0.29, 0.717) is 12.2 Å². The Kier molecular flexibility index (Phi) is 3.90. The highest BCUT2D eigenvalue weighted by molar-refractivity contribution is 5.89. The van der Waals surface area contributed by atoms with Gasteiger partial charge in [0.25, 0.3) is 0 Å². The normalized spacial score (nSPS) is 10.6. The van der Waals surface area contributed by atoms with Crippen molar-refractivity contribution in [1.29, 1.82) is 0 Å². The van der Waals surface area contributed by atoms with E-state index in [2.05, 4.69) is 5.32 Å². The minimum absolute atomic E-state index is 0.136. The van der Waals surface area contributed by atoms with Gasteiger partial charge in [0.15, 0.2) is 0 Å². The van der Waals surface area contributed by atoms with Gasteiger partial charge in [-0.2, -0.15) is 0 Å². The van der Waals surface area contributed by atoms with Gasteiger partial charge >= 0.3 is 0 Å². The number of nitrogens with one attached hydrogen (secondary N) is 1. The van der Waals surface area contributed by atoms with Gasteiger partial charge < -0.3 is 15.3 Å². The van der Waals surface area contributed by atoms with Crippen LogP contribution in [0.4, 0.5) is 5.69 Å². The van der Waals surface area contributed by atoms with Crippen molar-refractivity contribution in [3.8, 4) is 5.75 Å². The fourth-order valence-electron chi connectivity index (χ4n) is 1.55. The van der Waals surface area contributed by atoms with Crippen LogP contribution in [0.25, 0.3) is 0 Å². The first-order valence-electron chi connectivity index (χ1n) is 5.15. The molecule has 4 nitrogen and oxygen atoms in total. The van der Waals surface area contributed by atoms with Gasteiger partial charge in [0.05, 0.1) is 0 Å². The van der Waals surface area contributed by atoms with Crippen LogP contribution in [0.2, 0.25) is 0 Å². The fourth-order valence-corrected chi connectivity index (χ4v) is 1.55. The van der Waals surface area contributed by atoms with Gasteiger partial charge in [-0.3, -0.25) is 4.79 Å². The van der Waals surface area contributed by atoms with Crippen LogP contribution >= 0.6 is 0 Å². The van der Waals surface area contributed by atoms with Crippen molar-refractivity contribution in [3.05, 3.63) is 23.3 Å². The van der Waals surface area contributed by atoms with Crippen LogP contribution in [0, 0.1) is 6.92 Å². The van der Waals surface area contributed by atoms with E-state index >= 15 is 0 Å². The molecular formula is C12H18N2O2. The van der Waals surface area contributed by atoms with Crippen LogP contribution in [0.3, 0.4) is 0 Å². The van der Waals surface area contributed by atoms with Crippen LogP contribution in [0.15, 0.2) is 12.1 Å². The minimum atomic E-state index is -0.136. The second-order valence-electron chi connectivity index (χ2n) is 4.21. The summed E-state index contributed by atoms with van der Waals surface area (Å²) in [6.07, 6.45) is 0. The molecule has 1 aromatic carbocycles. The van der Waals surface area contributed by atoms with Crippen molar-refractivity contribution < 1.29 is 9.90 Å². The Morgan fingerprint density at radius 3 is 2.56 bits per heavy atom. The monoisotopic (exact) mass is 222 g/mol. The largest absolute Gasteiger partial charge is 0.508 e. The number of amides is 1. The SMILES string of the molecule is CC(=O)Nc1cc(O)c(CN(C)C)cc1C. The van der Waals surface area contributed by atoms with Crippen LogP contribution in [0.1, 0.15) is 18.1 Å². The number of carbonyl (C=O) groups excluding carboxylic acids is 1. The molecule has 4 heteroatoms. The zero-order chi connectivity index (χ0) is 12.3. The van der Waals surface area contributed by atoms with Gasteiger partial charge in [-0.25, -0.2) is 0 Å². The second-order valence-corrected chi connectivity index (χ2v) is 4.21. The van der Waals surface area contributed by atoms with Crippen LogP contribution in [-0.4, -0.2) is 30.0 Å². The predicted octanol–water partition coefficient (Wildman–Crippen LogP) is 1.72. The Balaban J connectivity index is 3.01. The van der Waals surface area contributed by atoms with Crippen molar-refractivity contribution in [2.24, 2.45) is 0 Å². The molecule has 0 aromatic heterocycles. The van der Waals surface area contributed by atoms with Gasteiger partial charge in [-0.05, 0) is 32.6 Å². The zero-order valence-corrected chi connectivity index (χ0v) is 10.2. The number of hydrogen-bond donors (Lipinski definition) is 2. The number of benzene rings is 1. The first kappa shape index (κ1) is 12.5. The third kappa shape index (κ3) is 3.24. The smallest absolute Gasteiger partial charge is 0.221 e. The van der Waals surface area contributed by atoms with E-state index < -0.39 is 0 Å². The van der Waals surface area contributed by atoms with E-state index in [1.54, 1.807) is 6.07 Å². The molecule has 0 aliphatic rings. The van der Waals surface area contributed by atoms with E-state index in [-0.39, 0.29) is 11.7 Å². The summed E-state index contributed by atoms with van der Waals surface area (Å²) in [5.41, 5.74) is 2.47. The lowest BCUT2D eigenvalue weighted by molar-refractivity contribution is -0.114. The summed E-state index contributed by atoms with van der Waals surface area (Å²) in [6.45, 7) is 4.03. The molecule has 0 spiro atoms. The van der Waals surface area contributed by atoms with Crippen molar-refractivity contribution in [2.45, 2.75) is 20.4 Å². The molecular weight excluding hydrogens is 204 g/mol. The summed E-state index contributed by atoms with van der Waals surface area (Å²) in [6, 6.07) is 3.48. The zero-order valence-electron chi connectivity index (χ0n) is 10.2. The summed E-state index contributed by atoms with van der Waals surface area (Å²) in [5.74, 6) is 0.0749. The summed E-state index contributed by atoms with van der Waals surface area (Å²) in [4.78, 5) is 12.9. The van der Waals surface area contributed by atoms with Crippen LogP contribution in [-0.2, 0) is 11.3 Å². The van der Waals surface area contributed by atoms with Crippen molar-refractivity contribution in [2.75, 3.05) is 19.4 Å². The molecule has 0 bridgehead atoms. The molecule has 0 saturated carbocycles. The number of aromatic hydroxyl groups is 1. The molecule has 0 aliphatic heterocycles. The van der Waals surface area contributed by atoms with Gasteiger partial charge in [0.1, 0.15) is 5.75 Å². The molecule has 0 atom stereocenters. The molecule has 0 radical (unpaired) electrons. The molecule has 0 unspecified atom stereocenters. The number of hydrogen-bond acceptors (Lipinski definition) is 3. The second kappa shape index (κ2) is 4.99. The topological polar surface area (TPSA) is 52.6 Å². The van der Waals surface area contributed by atoms with Crippen molar-refractivity contribution in [3.63, 3.8) is 0 Å². The Morgan fingerprint density at radius 1 is 1.44 bits per heavy atom. The van der Waals surface area contributed by atoms with E-state index in [9.17, 15) is 9.90 Å². The molecule has 0 fully saturated rings. The maximum absolute atomic E-state index is 10.9. The summed E-state index contributed by atoms with van der Waals surface area (Å²) in [7, 11) is 3.88. The molecule has 0 aliphatic carbocycles. The fraction of sp³-hybridized carbons (Fsp3) is 0.417. The number of carbonyl (C=O) groups is 1. The lowest BCUT2D eigenvalue weighted by Crippen LogP contribution is -2.12. The highest BCUT2D eigenvalue weighted by Gasteiger charge is 2.08. The first-order valence-corrected chi connectivity index (χ1v) is 5.15. The average molecular weight is 222 g/mol. The third-order valence-electron chi connectivity index (χ3n) is 2.22. The summed E-state index contributed by atoms with van der Waals surface area (Å²) >= 11 is 0. The Bertz CT molecular complexity index is 400. The highest BCUT2D eigenvalue weighted by atomic mass is 16.3. The lowest BCUT2D eigenvalue weighted by atomic mass is 10.1. The quantitative estimate of drug-likeness (QED) is 0.818. The highest BCUT2D eigenvalue weighted by Crippen LogP contribution is 2.26. The Labute approximate surface area is 95.9 Å². The van der Waals surface area contributed by atoms with E-state index in [1.165, 1.54) is 6.92 Å².